The molecule has 1 unspecified atom stereocenters. The minimum absolute atomic E-state index is 0.0936. The zero-order valence-electron chi connectivity index (χ0n) is 36.6. The second kappa shape index (κ2) is 46.9. The Bertz CT molecular complexity index is 1160. The number of hydrogen-bond acceptors (Lipinski definition) is 5. The number of hydrogen-bond donors (Lipinski definition) is 1. The molecule has 57 heavy (non-hydrogen) atoms. The first-order chi connectivity index (χ1) is 28.1. The lowest BCUT2D eigenvalue weighted by atomic mass is 10.0. The van der Waals surface area contributed by atoms with Gasteiger partial charge in [-0.3, -0.25) is 9.59 Å². The number of ether oxygens (including phenoxy) is 2. The number of aliphatic hydroxyl groups excluding tert-OH is 1. The number of carbonyl (C=O) groups excluding carboxylic acids is 2. The molecule has 1 N–H and O–H groups in total. The Hall–Kier alpha value is -3.44. The van der Waals surface area contributed by atoms with Crippen LogP contribution >= 0.6 is 0 Å². The molecule has 322 valence electrons. The second-order valence-corrected chi connectivity index (χ2v) is 14.8. The number of allylic oxidation sites excluding steroid dienone is 18. The number of aliphatic hydroxyl groups is 1. The topological polar surface area (TPSA) is 72.8 Å². The van der Waals surface area contributed by atoms with E-state index in [1.807, 2.05) is 0 Å². The van der Waals surface area contributed by atoms with Gasteiger partial charge in [0.1, 0.15) is 6.61 Å². The largest absolute Gasteiger partial charge is 0.462 e. The van der Waals surface area contributed by atoms with Gasteiger partial charge in [-0.25, -0.2) is 0 Å². The number of esters is 2. The SMILES string of the molecule is CC/C=C\C/C=C\C/C=C\C/C=C\C/C=C\C/C=C\C/C=C\C/C=C\C/C=C\CCCC(=O)OC(CO)COC(=O)CCCCCCCCCCCCCCCC. The van der Waals surface area contributed by atoms with Crippen LogP contribution in [0.15, 0.2) is 109 Å². The summed E-state index contributed by atoms with van der Waals surface area (Å²) in [6.45, 7) is 3.97. The molecule has 0 aromatic rings. The molecule has 0 aliphatic carbocycles. The van der Waals surface area contributed by atoms with Gasteiger partial charge in [0.15, 0.2) is 6.10 Å². The van der Waals surface area contributed by atoms with E-state index >= 15 is 0 Å². The lowest BCUT2D eigenvalue weighted by Gasteiger charge is -2.15. The van der Waals surface area contributed by atoms with Gasteiger partial charge in [-0.2, -0.15) is 0 Å². The molecule has 0 aliphatic rings. The average molecular weight is 789 g/mol. The van der Waals surface area contributed by atoms with E-state index in [0.29, 0.717) is 12.8 Å². The summed E-state index contributed by atoms with van der Waals surface area (Å²) < 4.78 is 10.6. The lowest BCUT2D eigenvalue weighted by molar-refractivity contribution is -0.161. The van der Waals surface area contributed by atoms with Crippen LogP contribution in [-0.4, -0.2) is 36.4 Å². The maximum atomic E-state index is 12.2. The van der Waals surface area contributed by atoms with Crippen LogP contribution in [0.25, 0.3) is 0 Å². The minimum atomic E-state index is -0.807. The van der Waals surface area contributed by atoms with E-state index in [9.17, 15) is 14.7 Å². The first-order valence-corrected chi connectivity index (χ1v) is 22.9. The first kappa shape index (κ1) is 53.6. The van der Waals surface area contributed by atoms with Crippen LogP contribution < -0.4 is 0 Å². The molecule has 0 fully saturated rings. The van der Waals surface area contributed by atoms with E-state index in [1.54, 1.807) is 0 Å². The summed E-state index contributed by atoms with van der Waals surface area (Å²) in [6, 6.07) is 0. The molecule has 0 radical (unpaired) electrons. The van der Waals surface area contributed by atoms with Gasteiger partial charge in [-0.15, -0.1) is 0 Å². The first-order valence-electron chi connectivity index (χ1n) is 22.9. The summed E-state index contributed by atoms with van der Waals surface area (Å²) >= 11 is 0. The van der Waals surface area contributed by atoms with Crippen molar-refractivity contribution >= 4 is 11.9 Å². The maximum Gasteiger partial charge on any atom is 0.306 e. The quantitative estimate of drug-likeness (QED) is 0.0380. The Balaban J connectivity index is 3.72. The minimum Gasteiger partial charge on any atom is -0.462 e. The van der Waals surface area contributed by atoms with Crippen LogP contribution in [0, 0.1) is 0 Å². The molecule has 5 nitrogen and oxygen atoms in total. The van der Waals surface area contributed by atoms with Crippen molar-refractivity contribution in [3.63, 3.8) is 0 Å². The fraction of sp³-hybridized carbons (Fsp3) is 0.615. The molecule has 0 saturated carbocycles. The number of carbonyl (C=O) groups is 2. The third-order valence-corrected chi connectivity index (χ3v) is 9.33. The Morgan fingerprint density at radius 2 is 0.754 bits per heavy atom. The molecule has 0 aliphatic heterocycles. The van der Waals surface area contributed by atoms with Crippen LogP contribution in [0.3, 0.4) is 0 Å². The zero-order valence-corrected chi connectivity index (χ0v) is 36.6. The molecule has 0 amide bonds. The van der Waals surface area contributed by atoms with Crippen LogP contribution in [0.4, 0.5) is 0 Å². The van der Waals surface area contributed by atoms with Gasteiger partial charge in [-0.05, 0) is 77.0 Å². The molecule has 0 bridgehead atoms. The Morgan fingerprint density at radius 3 is 1.12 bits per heavy atom. The Kier molecular flexibility index (Phi) is 44.1. The van der Waals surface area contributed by atoms with E-state index in [0.717, 1.165) is 83.5 Å². The predicted octanol–water partition coefficient (Wildman–Crippen LogP) is 15.0. The predicted molar refractivity (Wildman–Crippen MR) is 246 cm³/mol. The third kappa shape index (κ3) is 45.1. The van der Waals surface area contributed by atoms with Gasteiger partial charge in [-0.1, -0.05) is 207 Å². The van der Waals surface area contributed by atoms with E-state index < -0.39 is 6.10 Å². The third-order valence-electron chi connectivity index (χ3n) is 9.33. The highest BCUT2D eigenvalue weighted by molar-refractivity contribution is 5.70. The molecule has 5 heteroatoms. The van der Waals surface area contributed by atoms with Crippen LogP contribution in [0.2, 0.25) is 0 Å². The summed E-state index contributed by atoms with van der Waals surface area (Å²) in [7, 11) is 0. The molecule has 0 saturated heterocycles. The maximum absolute atomic E-state index is 12.2. The summed E-state index contributed by atoms with van der Waals surface area (Å²) in [6.07, 6.45) is 67.4. The Labute approximate surface area is 350 Å². The normalized spacial score (nSPS) is 13.2. The summed E-state index contributed by atoms with van der Waals surface area (Å²) in [5.74, 6) is -0.666. The van der Waals surface area contributed by atoms with Crippen molar-refractivity contribution in [3.05, 3.63) is 109 Å². The standard InChI is InChI=1S/C52H84O5/c1-3-5-7-9-11-13-15-17-19-20-21-22-23-24-25-26-27-28-29-30-31-32-33-35-37-39-41-43-45-47-52(55)57-50(48-53)49-56-51(54)46-44-42-40-38-36-34-18-16-14-12-10-8-6-4-2/h5,7,11,13,17,19,21-22,24-25,27-28,30-31,33,35,39,41,50,53H,3-4,6,8-10,12,14-16,18,20,23,26,29,32,34,36-38,40,42-49H2,1-2H3/b7-5-,13-11-,19-17-,22-21-,25-24-,28-27-,31-30-,35-33-,41-39-. The van der Waals surface area contributed by atoms with Gasteiger partial charge in [0.2, 0.25) is 0 Å². The van der Waals surface area contributed by atoms with Gasteiger partial charge >= 0.3 is 11.9 Å². The lowest BCUT2D eigenvalue weighted by Crippen LogP contribution is -2.28. The molecule has 0 spiro atoms. The molecular weight excluding hydrogens is 705 g/mol. The van der Waals surface area contributed by atoms with E-state index in [2.05, 4.69) is 123 Å². The fourth-order valence-corrected chi connectivity index (χ4v) is 5.91. The average Bonchev–Trinajstić information content (AvgIpc) is 3.21. The van der Waals surface area contributed by atoms with Crippen LogP contribution in [0.1, 0.15) is 187 Å². The van der Waals surface area contributed by atoms with E-state index in [4.69, 9.17) is 9.47 Å². The van der Waals surface area contributed by atoms with Crippen LogP contribution in [0.5, 0.6) is 0 Å². The van der Waals surface area contributed by atoms with Crippen molar-refractivity contribution in [1.82, 2.24) is 0 Å². The molecule has 0 aromatic heterocycles. The monoisotopic (exact) mass is 789 g/mol. The Morgan fingerprint density at radius 1 is 0.421 bits per heavy atom. The number of rotatable bonds is 40. The van der Waals surface area contributed by atoms with Crippen molar-refractivity contribution < 1.29 is 24.2 Å². The van der Waals surface area contributed by atoms with E-state index in [1.165, 1.54) is 70.6 Å². The van der Waals surface area contributed by atoms with Gasteiger partial charge in [0.05, 0.1) is 6.61 Å². The van der Waals surface area contributed by atoms with Crippen molar-refractivity contribution in [3.8, 4) is 0 Å². The molecule has 0 heterocycles. The smallest absolute Gasteiger partial charge is 0.306 e. The molecule has 1 atom stereocenters. The summed E-state index contributed by atoms with van der Waals surface area (Å²) in [5.41, 5.74) is 0. The second-order valence-electron chi connectivity index (χ2n) is 14.8. The van der Waals surface area contributed by atoms with Crippen LogP contribution in [-0.2, 0) is 19.1 Å². The van der Waals surface area contributed by atoms with E-state index in [-0.39, 0.29) is 31.6 Å². The molecular formula is C52H84O5. The van der Waals surface area contributed by atoms with Crippen molar-refractivity contribution in [2.75, 3.05) is 13.2 Å². The number of unbranched alkanes of at least 4 members (excludes halogenated alkanes) is 14. The molecule has 0 rings (SSSR count). The highest BCUT2D eigenvalue weighted by Gasteiger charge is 2.16. The highest BCUT2D eigenvalue weighted by Crippen LogP contribution is 2.14. The van der Waals surface area contributed by atoms with Gasteiger partial charge < -0.3 is 14.6 Å². The fourth-order valence-electron chi connectivity index (χ4n) is 5.91. The zero-order chi connectivity index (χ0) is 41.4. The van der Waals surface area contributed by atoms with Crippen molar-refractivity contribution in [1.29, 1.82) is 0 Å². The van der Waals surface area contributed by atoms with Gasteiger partial charge in [0.25, 0.3) is 0 Å². The highest BCUT2D eigenvalue weighted by atomic mass is 16.6. The molecule has 0 aromatic carbocycles. The summed E-state index contributed by atoms with van der Waals surface area (Å²) in [5, 5.41) is 9.58. The van der Waals surface area contributed by atoms with Crippen molar-refractivity contribution in [2.45, 2.75) is 193 Å². The summed E-state index contributed by atoms with van der Waals surface area (Å²) in [4.78, 5) is 24.3. The van der Waals surface area contributed by atoms with Crippen molar-refractivity contribution in [2.24, 2.45) is 0 Å². The van der Waals surface area contributed by atoms with Gasteiger partial charge in [0, 0.05) is 12.8 Å².